The molecule has 0 spiro atoms. The van der Waals surface area contributed by atoms with E-state index in [4.69, 9.17) is 27.9 Å². The van der Waals surface area contributed by atoms with E-state index in [0.29, 0.717) is 53.3 Å². The largest absolute Gasteiger partial charge is 0.487 e. The van der Waals surface area contributed by atoms with E-state index in [0.717, 1.165) is 43.2 Å². The van der Waals surface area contributed by atoms with Gasteiger partial charge in [0.15, 0.2) is 0 Å². The van der Waals surface area contributed by atoms with Gasteiger partial charge in [0.1, 0.15) is 12.4 Å². The second kappa shape index (κ2) is 15.5. The summed E-state index contributed by atoms with van der Waals surface area (Å²) in [5.41, 5.74) is 3.47. The van der Waals surface area contributed by atoms with Crippen molar-refractivity contribution >= 4 is 56.4 Å². The molecule has 0 unspecified atom stereocenters. The molecule has 1 fully saturated rings. The number of nitrogens with one attached hydrogen (secondary N) is 2. The van der Waals surface area contributed by atoms with E-state index < -0.39 is 33.2 Å². The third-order valence-corrected chi connectivity index (χ3v) is 12.0. The number of amides is 2. The predicted molar refractivity (Wildman–Crippen MR) is 193 cm³/mol. The molecular weight excluding hydrogens is 685 g/mol. The van der Waals surface area contributed by atoms with Crippen molar-refractivity contribution in [2.24, 2.45) is 11.8 Å². The number of nitrogens with zero attached hydrogens (tertiary/aromatic N) is 1. The highest BCUT2D eigenvalue weighted by molar-refractivity contribution is 7.90. The molecule has 4 atom stereocenters. The summed E-state index contributed by atoms with van der Waals surface area (Å²) in [4.78, 5) is 28.9. The number of carbonyl (C=O) groups is 2. The molecule has 0 saturated heterocycles. The van der Waals surface area contributed by atoms with Crippen molar-refractivity contribution in [2.75, 3.05) is 23.3 Å². The number of anilines is 2. The highest BCUT2D eigenvalue weighted by Crippen LogP contribution is 2.41. The summed E-state index contributed by atoms with van der Waals surface area (Å²) in [7, 11) is -4.30. The molecule has 3 aromatic carbocycles. The zero-order chi connectivity index (χ0) is 34.5. The molecular formula is C37H41Cl2N3O6S. The Morgan fingerprint density at radius 2 is 1.84 bits per heavy atom. The van der Waals surface area contributed by atoms with Crippen molar-refractivity contribution in [2.45, 2.75) is 69.3 Å². The first-order valence-electron chi connectivity index (χ1n) is 16.8. The minimum Gasteiger partial charge on any atom is -0.487 e. The van der Waals surface area contributed by atoms with Gasteiger partial charge < -0.3 is 20.1 Å². The number of aliphatic hydroxyl groups is 1. The van der Waals surface area contributed by atoms with Crippen LogP contribution in [0.4, 0.5) is 11.4 Å². The lowest BCUT2D eigenvalue weighted by molar-refractivity contribution is -0.116. The molecule has 3 aromatic rings. The number of aryl methyl sites for hydroxylation is 1. The van der Waals surface area contributed by atoms with Crippen molar-refractivity contribution in [3.63, 3.8) is 0 Å². The average molecular weight is 727 g/mol. The molecule has 9 nitrogen and oxygen atoms in total. The Kier molecular flexibility index (Phi) is 11.2. The number of benzene rings is 3. The van der Waals surface area contributed by atoms with E-state index in [1.807, 2.05) is 18.2 Å². The quantitative estimate of drug-likeness (QED) is 0.251. The summed E-state index contributed by atoms with van der Waals surface area (Å²) in [5, 5.41) is 13.8. The van der Waals surface area contributed by atoms with Crippen LogP contribution < -0.4 is 19.7 Å². The van der Waals surface area contributed by atoms with E-state index in [1.165, 1.54) is 0 Å². The van der Waals surface area contributed by atoms with E-state index in [2.05, 4.69) is 14.9 Å². The summed E-state index contributed by atoms with van der Waals surface area (Å²) < 4.78 is 36.1. The molecule has 1 saturated carbocycles. The fourth-order valence-electron chi connectivity index (χ4n) is 6.92. The van der Waals surface area contributed by atoms with E-state index in [9.17, 15) is 23.1 Å². The molecule has 0 aromatic heterocycles. The Morgan fingerprint density at radius 3 is 2.63 bits per heavy atom. The van der Waals surface area contributed by atoms with Gasteiger partial charge in [-0.05, 0) is 116 Å². The Hall–Kier alpha value is -3.57. The van der Waals surface area contributed by atoms with Crippen LogP contribution in [0.2, 0.25) is 10.0 Å². The predicted octanol–water partition coefficient (Wildman–Crippen LogP) is 6.91. The molecule has 2 bridgehead atoms. The molecule has 260 valence electrons. The summed E-state index contributed by atoms with van der Waals surface area (Å²) in [5.74, 6) is -0.455. The van der Waals surface area contributed by atoms with E-state index >= 15 is 0 Å². The third kappa shape index (κ3) is 8.78. The van der Waals surface area contributed by atoms with Crippen molar-refractivity contribution < 1.29 is 27.9 Å². The van der Waals surface area contributed by atoms with Crippen molar-refractivity contribution in [1.29, 1.82) is 0 Å². The summed E-state index contributed by atoms with van der Waals surface area (Å²) in [6.07, 6.45) is 7.31. The van der Waals surface area contributed by atoms with Crippen LogP contribution in [0.1, 0.15) is 66.4 Å². The number of rotatable bonds is 3. The molecule has 2 heterocycles. The van der Waals surface area contributed by atoms with E-state index in [1.54, 1.807) is 54.6 Å². The van der Waals surface area contributed by atoms with Gasteiger partial charge in [-0.25, -0.2) is 13.1 Å². The molecule has 2 amide bonds. The number of hydrogen-bond acceptors (Lipinski definition) is 7. The first-order chi connectivity index (χ1) is 23.6. The summed E-state index contributed by atoms with van der Waals surface area (Å²) >= 11 is 12.4. The molecule has 3 N–H and O–H groups in total. The Balaban J connectivity index is 1.32. The Labute approximate surface area is 297 Å². The van der Waals surface area contributed by atoms with Gasteiger partial charge in [0.2, 0.25) is 15.9 Å². The number of fused-ring (bicyclic) bond motifs is 3. The maximum absolute atomic E-state index is 13.7. The van der Waals surface area contributed by atoms with Gasteiger partial charge in [0.05, 0.1) is 17.0 Å². The lowest BCUT2D eigenvalue weighted by Gasteiger charge is -2.42. The monoisotopic (exact) mass is 725 g/mol. The second-order valence-electron chi connectivity index (χ2n) is 13.1. The maximum atomic E-state index is 13.7. The first-order valence-corrected chi connectivity index (χ1v) is 19.1. The number of hydrogen-bond donors (Lipinski definition) is 3. The highest BCUT2D eigenvalue weighted by Gasteiger charge is 2.37. The molecule has 3 aliphatic rings. The van der Waals surface area contributed by atoms with Gasteiger partial charge in [-0.2, -0.15) is 0 Å². The van der Waals surface area contributed by atoms with Gasteiger partial charge in [-0.15, -0.1) is 0 Å². The van der Waals surface area contributed by atoms with Crippen LogP contribution in [0.15, 0.2) is 72.8 Å². The molecule has 6 rings (SSSR count). The topological polar surface area (TPSA) is 125 Å². The lowest BCUT2D eigenvalue weighted by atomic mass is 9.70. The van der Waals surface area contributed by atoms with Gasteiger partial charge in [-0.3, -0.25) is 9.59 Å². The maximum Gasteiger partial charge on any atom is 0.264 e. The third-order valence-electron chi connectivity index (χ3n) is 9.79. The zero-order valence-corrected chi connectivity index (χ0v) is 29.4. The SMILES string of the molecule is O=C(C[C@H]1CC/C=C/[C@H](O)[C@@H]2CC[C@H]2CN2CCCCc3cc(Cl)ccc3COc3ccc(cc32)C(=O)NS1(=O)=O)Nc1cccc(Cl)c1. The number of aliphatic hydroxyl groups excluding tert-OH is 1. The standard InChI is InChI=1S/C37H41Cl2N3O6S/c38-28-7-5-8-30(20-28)40-36(44)21-31-9-1-2-10-34(43)32-15-12-26(32)22-42-17-4-3-6-24-18-29(39)14-11-27(24)23-48-35-16-13-25(19-33(35)42)37(45)41-49(31,46)47/h2,5,7-8,10-11,13-14,16,18-20,26,31-32,34,43H,1,3-4,6,9,12,15,17,21-23H2,(H,40,44)(H,41,45)/b10-2+/t26-,31+,32+,34-/m0/s1. The molecule has 2 aliphatic heterocycles. The van der Waals surface area contributed by atoms with Crippen molar-refractivity contribution in [3.8, 4) is 5.75 Å². The second-order valence-corrected chi connectivity index (χ2v) is 16.0. The Morgan fingerprint density at radius 1 is 1.00 bits per heavy atom. The van der Waals surface area contributed by atoms with Crippen LogP contribution in [0, 0.1) is 11.8 Å². The summed E-state index contributed by atoms with van der Waals surface area (Å²) in [6.45, 7) is 1.66. The lowest BCUT2D eigenvalue weighted by Crippen LogP contribution is -2.43. The number of allylic oxidation sites excluding steroid dienone is 1. The smallest absolute Gasteiger partial charge is 0.264 e. The fourth-order valence-corrected chi connectivity index (χ4v) is 8.66. The number of carbonyl (C=O) groups excluding carboxylic acids is 2. The fraction of sp³-hybridized carbons (Fsp3) is 0.405. The number of ether oxygens (including phenoxy) is 1. The van der Waals surface area contributed by atoms with Gasteiger partial charge in [0, 0.05) is 40.8 Å². The van der Waals surface area contributed by atoms with Gasteiger partial charge in [0.25, 0.3) is 5.91 Å². The van der Waals surface area contributed by atoms with Crippen LogP contribution in [0.3, 0.4) is 0 Å². The van der Waals surface area contributed by atoms with Crippen LogP contribution in [-0.2, 0) is 27.8 Å². The van der Waals surface area contributed by atoms with Crippen LogP contribution in [0.25, 0.3) is 0 Å². The van der Waals surface area contributed by atoms with Gasteiger partial charge >= 0.3 is 0 Å². The van der Waals surface area contributed by atoms with Crippen LogP contribution in [-0.4, -0.2) is 49.8 Å². The average Bonchev–Trinajstić information content (AvgIpc) is 3.07. The molecule has 49 heavy (non-hydrogen) atoms. The van der Waals surface area contributed by atoms with Crippen LogP contribution in [0.5, 0.6) is 5.75 Å². The minimum atomic E-state index is -4.30. The van der Waals surface area contributed by atoms with E-state index in [-0.39, 0.29) is 30.2 Å². The summed E-state index contributed by atoms with van der Waals surface area (Å²) in [6, 6.07) is 17.4. The number of halogens is 2. The van der Waals surface area contributed by atoms with Crippen LogP contribution >= 0.6 is 23.2 Å². The highest BCUT2D eigenvalue weighted by atomic mass is 35.5. The molecule has 1 aliphatic carbocycles. The van der Waals surface area contributed by atoms with Crippen molar-refractivity contribution in [3.05, 3.63) is 99.6 Å². The van der Waals surface area contributed by atoms with Gasteiger partial charge in [-0.1, -0.05) is 47.5 Å². The molecule has 0 radical (unpaired) electrons. The van der Waals surface area contributed by atoms with Crippen molar-refractivity contribution in [1.82, 2.24) is 4.72 Å². The molecule has 12 heteroatoms. The normalized spacial score (nSPS) is 24.8. The zero-order valence-electron chi connectivity index (χ0n) is 27.1. The minimum absolute atomic E-state index is 0.0487. The number of sulfonamides is 1. The first kappa shape index (κ1) is 35.3. The Bertz CT molecular complexity index is 1830.